The molecule has 0 aromatic heterocycles. The fourth-order valence-electron chi connectivity index (χ4n) is 6.59. The van der Waals surface area contributed by atoms with Gasteiger partial charge in [0.05, 0.1) is 17.6 Å². The second-order valence-electron chi connectivity index (χ2n) is 9.20. The second kappa shape index (κ2) is 5.31. The fourth-order valence-corrected chi connectivity index (χ4v) is 6.59. The maximum Gasteiger partial charge on any atom is 0.231 e. The Morgan fingerprint density at radius 1 is 1.21 bits per heavy atom. The molecule has 7 unspecified atom stereocenters. The number of amides is 1. The van der Waals surface area contributed by atoms with E-state index in [0.29, 0.717) is 5.92 Å². The van der Waals surface area contributed by atoms with Crippen molar-refractivity contribution in [3.63, 3.8) is 0 Å². The van der Waals surface area contributed by atoms with Crippen LogP contribution in [0.1, 0.15) is 65.7 Å². The van der Waals surface area contributed by atoms with Crippen molar-refractivity contribution in [1.29, 1.82) is 0 Å². The van der Waals surface area contributed by atoms with E-state index in [1.807, 2.05) is 6.92 Å². The number of hydrogen-bond acceptors (Lipinski definition) is 3. The van der Waals surface area contributed by atoms with Crippen LogP contribution >= 0.6 is 0 Å². The molecule has 3 aliphatic carbocycles. The third-order valence-corrected chi connectivity index (χ3v) is 8.10. The summed E-state index contributed by atoms with van der Waals surface area (Å²) in [7, 11) is 0. The number of carbonyl (C=O) groups is 1. The Hall–Kier alpha value is -0.870. The minimum atomic E-state index is -0.468. The summed E-state index contributed by atoms with van der Waals surface area (Å²) in [6, 6.07) is 0. The molecule has 0 aromatic rings. The minimum absolute atomic E-state index is 0.00667. The summed E-state index contributed by atoms with van der Waals surface area (Å²) < 4.78 is 0. The van der Waals surface area contributed by atoms with Gasteiger partial charge in [-0.15, -0.1) is 0 Å². The van der Waals surface area contributed by atoms with Gasteiger partial charge >= 0.3 is 0 Å². The topological polar surface area (TPSA) is 69.6 Å². The van der Waals surface area contributed by atoms with E-state index in [0.717, 1.165) is 44.9 Å². The number of aliphatic hydroxyl groups excluding tert-OH is 2. The molecule has 0 radical (unpaired) electrons. The highest BCUT2D eigenvalue weighted by atomic mass is 16.3. The van der Waals surface area contributed by atoms with Crippen LogP contribution in [-0.2, 0) is 4.79 Å². The van der Waals surface area contributed by atoms with Crippen LogP contribution in [0.2, 0.25) is 0 Å². The quantitative estimate of drug-likeness (QED) is 0.691. The number of hydrogen-bond donors (Lipinski definition) is 3. The minimum Gasteiger partial charge on any atom is -0.393 e. The van der Waals surface area contributed by atoms with Crippen molar-refractivity contribution in [2.75, 3.05) is 0 Å². The maximum absolute atomic E-state index is 13.1. The SMILES string of the molecule is CC(O)C1CCC2C3=C(NC(=O)C21C)C1(C)CCC(O)CC1CC3. The summed E-state index contributed by atoms with van der Waals surface area (Å²) >= 11 is 0. The summed E-state index contributed by atoms with van der Waals surface area (Å²) in [6.45, 7) is 6.19. The molecule has 1 amide bonds. The van der Waals surface area contributed by atoms with Gasteiger partial charge in [0, 0.05) is 11.1 Å². The van der Waals surface area contributed by atoms with Crippen LogP contribution in [0.25, 0.3) is 0 Å². The Morgan fingerprint density at radius 3 is 2.67 bits per heavy atom. The molecule has 3 N–H and O–H groups in total. The van der Waals surface area contributed by atoms with Crippen molar-refractivity contribution >= 4 is 5.91 Å². The zero-order chi connectivity index (χ0) is 17.3. The third-order valence-electron chi connectivity index (χ3n) is 8.10. The zero-order valence-corrected chi connectivity index (χ0v) is 15.1. The van der Waals surface area contributed by atoms with E-state index in [9.17, 15) is 15.0 Å². The van der Waals surface area contributed by atoms with Gasteiger partial charge in [0.1, 0.15) is 0 Å². The van der Waals surface area contributed by atoms with Crippen LogP contribution in [0.4, 0.5) is 0 Å². The van der Waals surface area contributed by atoms with Crippen molar-refractivity contribution in [3.8, 4) is 0 Å². The average molecular weight is 333 g/mol. The molecule has 2 fully saturated rings. The molecule has 24 heavy (non-hydrogen) atoms. The summed E-state index contributed by atoms with van der Waals surface area (Å²) in [5.74, 6) is 0.919. The summed E-state index contributed by atoms with van der Waals surface area (Å²) in [4.78, 5) is 13.1. The summed E-state index contributed by atoms with van der Waals surface area (Å²) in [5, 5.41) is 23.6. The lowest BCUT2D eigenvalue weighted by molar-refractivity contribution is -0.138. The molecule has 4 heteroatoms. The molecule has 4 aliphatic rings. The van der Waals surface area contributed by atoms with E-state index in [1.54, 1.807) is 0 Å². The predicted octanol–water partition coefficient (Wildman–Crippen LogP) is 2.74. The van der Waals surface area contributed by atoms with Gasteiger partial charge in [-0.05, 0) is 82.1 Å². The molecule has 1 heterocycles. The van der Waals surface area contributed by atoms with Crippen molar-refractivity contribution in [1.82, 2.24) is 5.32 Å². The van der Waals surface area contributed by atoms with Gasteiger partial charge in [-0.2, -0.15) is 0 Å². The fraction of sp³-hybridized carbons (Fsp3) is 0.850. The molecule has 0 bridgehead atoms. The highest BCUT2D eigenvalue weighted by Gasteiger charge is 2.60. The molecule has 4 rings (SSSR count). The standard InChI is InChI=1S/C20H31NO3/c1-11(22)15-6-7-16-14-5-4-12-10-13(23)8-9-19(12,2)17(14)21-18(24)20(15,16)3/h11-13,15-16,22-23H,4-10H2,1-3H3,(H,21,24). The lowest BCUT2D eigenvalue weighted by Gasteiger charge is -2.54. The van der Waals surface area contributed by atoms with Crippen LogP contribution in [0.15, 0.2) is 11.3 Å². The lowest BCUT2D eigenvalue weighted by Crippen LogP contribution is -2.56. The maximum atomic E-state index is 13.1. The van der Waals surface area contributed by atoms with Crippen LogP contribution in [0, 0.1) is 28.6 Å². The molecular formula is C20H31NO3. The van der Waals surface area contributed by atoms with Crippen LogP contribution < -0.4 is 5.32 Å². The van der Waals surface area contributed by atoms with Crippen LogP contribution in [-0.4, -0.2) is 28.3 Å². The number of fused-ring (bicyclic) bond motifs is 4. The van der Waals surface area contributed by atoms with Gasteiger partial charge in [0.2, 0.25) is 5.91 Å². The van der Waals surface area contributed by atoms with Crippen LogP contribution in [0.3, 0.4) is 0 Å². The van der Waals surface area contributed by atoms with E-state index in [4.69, 9.17) is 0 Å². The largest absolute Gasteiger partial charge is 0.393 e. The van der Waals surface area contributed by atoms with Gasteiger partial charge in [-0.3, -0.25) is 4.79 Å². The number of aliphatic hydroxyl groups is 2. The van der Waals surface area contributed by atoms with Gasteiger partial charge < -0.3 is 15.5 Å². The number of nitrogens with one attached hydrogen (secondary N) is 1. The monoisotopic (exact) mass is 333 g/mol. The Kier molecular flexibility index (Phi) is 3.67. The molecule has 2 saturated carbocycles. The van der Waals surface area contributed by atoms with E-state index in [-0.39, 0.29) is 29.3 Å². The average Bonchev–Trinajstić information content (AvgIpc) is 2.88. The van der Waals surface area contributed by atoms with Crippen molar-refractivity contribution in [2.45, 2.75) is 77.9 Å². The number of allylic oxidation sites excluding steroid dienone is 2. The number of carbonyl (C=O) groups excluding carboxylic acids is 1. The summed E-state index contributed by atoms with van der Waals surface area (Å²) in [5.41, 5.74) is 2.18. The molecule has 0 aromatic carbocycles. The Bertz CT molecular complexity index is 598. The van der Waals surface area contributed by atoms with Crippen molar-refractivity contribution in [2.24, 2.45) is 28.6 Å². The molecule has 7 atom stereocenters. The van der Waals surface area contributed by atoms with Gasteiger partial charge in [0.15, 0.2) is 0 Å². The molecule has 0 spiro atoms. The molecule has 1 aliphatic heterocycles. The highest BCUT2D eigenvalue weighted by molar-refractivity contribution is 5.87. The zero-order valence-electron chi connectivity index (χ0n) is 15.1. The molecule has 0 saturated heterocycles. The van der Waals surface area contributed by atoms with E-state index >= 15 is 0 Å². The predicted molar refractivity (Wildman–Crippen MR) is 91.9 cm³/mol. The smallest absolute Gasteiger partial charge is 0.231 e. The normalized spacial score (nSPS) is 49.1. The number of rotatable bonds is 1. The first-order valence-electron chi connectivity index (χ1n) is 9.69. The van der Waals surface area contributed by atoms with E-state index in [1.165, 1.54) is 11.3 Å². The molecule has 4 nitrogen and oxygen atoms in total. The van der Waals surface area contributed by atoms with Crippen molar-refractivity contribution < 1.29 is 15.0 Å². The first-order valence-corrected chi connectivity index (χ1v) is 9.69. The Morgan fingerprint density at radius 2 is 1.96 bits per heavy atom. The Labute approximate surface area is 144 Å². The van der Waals surface area contributed by atoms with E-state index in [2.05, 4.69) is 19.2 Å². The first-order chi connectivity index (χ1) is 11.3. The molecule has 134 valence electrons. The third kappa shape index (κ3) is 2.02. The lowest BCUT2D eigenvalue weighted by atomic mass is 9.55. The Balaban J connectivity index is 1.76. The highest BCUT2D eigenvalue weighted by Crippen LogP contribution is 2.61. The first kappa shape index (κ1) is 16.6. The molecular weight excluding hydrogens is 302 g/mol. The van der Waals surface area contributed by atoms with Crippen molar-refractivity contribution in [3.05, 3.63) is 11.3 Å². The van der Waals surface area contributed by atoms with Crippen LogP contribution in [0.5, 0.6) is 0 Å². The van der Waals surface area contributed by atoms with Gasteiger partial charge in [0.25, 0.3) is 0 Å². The van der Waals surface area contributed by atoms with Gasteiger partial charge in [-0.1, -0.05) is 6.92 Å². The second-order valence-corrected chi connectivity index (χ2v) is 9.20. The summed E-state index contributed by atoms with van der Waals surface area (Å²) in [6.07, 6.45) is 6.14. The van der Waals surface area contributed by atoms with Gasteiger partial charge in [-0.25, -0.2) is 0 Å². The van der Waals surface area contributed by atoms with E-state index < -0.39 is 11.5 Å².